The van der Waals surface area contributed by atoms with Gasteiger partial charge in [0.05, 0.1) is 11.4 Å². The maximum Gasteiger partial charge on any atom is 0.0699 e. The number of nitrogens with zero attached hydrogens (tertiary/aromatic N) is 2. The van der Waals surface area contributed by atoms with Crippen molar-refractivity contribution >= 4 is 15.9 Å². The minimum Gasteiger partial charge on any atom is -0.262 e. The second-order valence-corrected chi connectivity index (χ2v) is 5.04. The molecule has 1 aromatic carbocycles. The van der Waals surface area contributed by atoms with Crippen LogP contribution in [0.1, 0.15) is 25.6 Å². The Balaban J connectivity index is 2.60. The van der Waals surface area contributed by atoms with Gasteiger partial charge in [-0.05, 0) is 32.9 Å². The van der Waals surface area contributed by atoms with E-state index in [-0.39, 0.29) is 0 Å². The number of aromatic nitrogens is 2. The van der Waals surface area contributed by atoms with Crippen LogP contribution in [0.25, 0.3) is 11.3 Å². The molecule has 0 aliphatic rings. The third-order valence-corrected chi connectivity index (χ3v) is 3.19. The van der Waals surface area contributed by atoms with E-state index in [9.17, 15) is 0 Å². The third-order valence-electron chi connectivity index (χ3n) is 2.50. The van der Waals surface area contributed by atoms with Crippen molar-refractivity contribution in [2.75, 3.05) is 0 Å². The lowest BCUT2D eigenvalue weighted by atomic mass is 10.1. The van der Waals surface area contributed by atoms with E-state index >= 15 is 0 Å². The lowest BCUT2D eigenvalue weighted by molar-refractivity contribution is 0.535. The van der Waals surface area contributed by atoms with Crippen LogP contribution in [0.5, 0.6) is 0 Å². The molecular weight excluding hydrogens is 264 g/mol. The first kappa shape index (κ1) is 11.4. The molecule has 2 rings (SSSR count). The van der Waals surface area contributed by atoms with Gasteiger partial charge in [-0.1, -0.05) is 34.1 Å². The monoisotopic (exact) mass is 278 g/mol. The zero-order valence-electron chi connectivity index (χ0n) is 9.74. The molecule has 0 saturated heterocycles. The summed E-state index contributed by atoms with van der Waals surface area (Å²) in [5.41, 5.74) is 3.41. The Kier molecular flexibility index (Phi) is 3.15. The van der Waals surface area contributed by atoms with E-state index < -0.39 is 0 Å². The number of hydrogen-bond acceptors (Lipinski definition) is 1. The highest BCUT2D eigenvalue weighted by Gasteiger charge is 2.12. The van der Waals surface area contributed by atoms with Crippen LogP contribution in [-0.2, 0) is 0 Å². The fraction of sp³-hybridized carbons (Fsp3) is 0.308. The molecule has 84 valence electrons. The van der Waals surface area contributed by atoms with Crippen molar-refractivity contribution in [1.82, 2.24) is 9.78 Å². The Morgan fingerprint density at radius 3 is 2.56 bits per heavy atom. The molecule has 3 heteroatoms. The molecule has 0 atom stereocenters. The molecule has 0 amide bonds. The second-order valence-electron chi connectivity index (χ2n) is 4.19. The predicted octanol–water partition coefficient (Wildman–Crippen LogP) is 4.20. The molecule has 0 spiro atoms. The Bertz CT molecular complexity index is 500. The van der Waals surface area contributed by atoms with E-state index in [0.29, 0.717) is 6.04 Å². The van der Waals surface area contributed by atoms with Gasteiger partial charge in [-0.3, -0.25) is 4.68 Å². The Morgan fingerprint density at radius 1 is 1.25 bits per heavy atom. The minimum absolute atomic E-state index is 0.371. The van der Waals surface area contributed by atoms with E-state index in [0.717, 1.165) is 10.2 Å². The van der Waals surface area contributed by atoms with Gasteiger partial charge in [0, 0.05) is 16.1 Å². The summed E-state index contributed by atoms with van der Waals surface area (Å²) in [4.78, 5) is 0. The summed E-state index contributed by atoms with van der Waals surface area (Å²) >= 11 is 3.58. The molecule has 1 heterocycles. The van der Waals surface area contributed by atoms with Gasteiger partial charge >= 0.3 is 0 Å². The average Bonchev–Trinajstić information content (AvgIpc) is 2.61. The molecule has 1 aromatic heterocycles. The van der Waals surface area contributed by atoms with Crippen LogP contribution in [0, 0.1) is 6.92 Å². The van der Waals surface area contributed by atoms with Crippen LogP contribution in [0.4, 0.5) is 0 Å². The summed E-state index contributed by atoms with van der Waals surface area (Å²) in [5, 5.41) is 4.52. The van der Waals surface area contributed by atoms with Crippen LogP contribution in [0.15, 0.2) is 34.8 Å². The molecule has 0 saturated carbocycles. The van der Waals surface area contributed by atoms with Crippen LogP contribution < -0.4 is 0 Å². The largest absolute Gasteiger partial charge is 0.262 e. The number of rotatable bonds is 2. The lowest BCUT2D eigenvalue weighted by Gasteiger charge is -2.11. The normalized spacial score (nSPS) is 11.1. The molecular formula is C13H15BrN2. The predicted molar refractivity (Wildman–Crippen MR) is 70.5 cm³/mol. The van der Waals surface area contributed by atoms with Crippen molar-refractivity contribution in [3.05, 3.63) is 40.5 Å². The van der Waals surface area contributed by atoms with Crippen molar-refractivity contribution < 1.29 is 0 Å². The fourth-order valence-electron chi connectivity index (χ4n) is 1.78. The standard InChI is InChI=1S/C13H15BrN2/c1-9(2)16-13(8-10(3)15-16)11-6-4-5-7-12(11)14/h4-9H,1-3H3. The molecule has 0 aliphatic heterocycles. The van der Waals surface area contributed by atoms with Crippen LogP contribution in [0.2, 0.25) is 0 Å². The summed E-state index contributed by atoms with van der Waals surface area (Å²) in [5.74, 6) is 0. The summed E-state index contributed by atoms with van der Waals surface area (Å²) in [6, 6.07) is 10.7. The Labute approximate surface area is 104 Å². The van der Waals surface area contributed by atoms with Gasteiger partial charge in [0.15, 0.2) is 0 Å². The van der Waals surface area contributed by atoms with Gasteiger partial charge < -0.3 is 0 Å². The van der Waals surface area contributed by atoms with Gasteiger partial charge in [-0.25, -0.2) is 0 Å². The molecule has 0 aliphatic carbocycles. The number of halogens is 1. The van der Waals surface area contributed by atoms with Gasteiger partial charge in [0.2, 0.25) is 0 Å². The maximum atomic E-state index is 4.52. The first-order valence-corrected chi connectivity index (χ1v) is 6.20. The topological polar surface area (TPSA) is 17.8 Å². The number of aryl methyl sites for hydroxylation is 1. The summed E-state index contributed by atoms with van der Waals surface area (Å²) in [6.07, 6.45) is 0. The molecule has 16 heavy (non-hydrogen) atoms. The molecule has 0 radical (unpaired) electrons. The minimum atomic E-state index is 0.371. The Morgan fingerprint density at radius 2 is 1.94 bits per heavy atom. The summed E-state index contributed by atoms with van der Waals surface area (Å²) < 4.78 is 3.17. The first-order valence-electron chi connectivity index (χ1n) is 5.40. The van der Waals surface area contributed by atoms with Crippen LogP contribution >= 0.6 is 15.9 Å². The zero-order chi connectivity index (χ0) is 11.7. The quantitative estimate of drug-likeness (QED) is 0.805. The van der Waals surface area contributed by atoms with Gasteiger partial charge in [-0.15, -0.1) is 0 Å². The van der Waals surface area contributed by atoms with E-state index in [1.807, 2.05) is 19.1 Å². The highest BCUT2D eigenvalue weighted by Crippen LogP contribution is 2.29. The molecule has 2 nitrogen and oxygen atoms in total. The summed E-state index contributed by atoms with van der Waals surface area (Å²) in [7, 11) is 0. The van der Waals surface area contributed by atoms with E-state index in [1.165, 1.54) is 11.3 Å². The average molecular weight is 279 g/mol. The van der Waals surface area contributed by atoms with Gasteiger partial charge in [0.1, 0.15) is 0 Å². The molecule has 0 bridgehead atoms. The summed E-state index contributed by atoms with van der Waals surface area (Å²) in [6.45, 7) is 6.32. The SMILES string of the molecule is Cc1cc(-c2ccccc2Br)n(C(C)C)n1. The third kappa shape index (κ3) is 2.05. The van der Waals surface area contributed by atoms with Crippen molar-refractivity contribution in [1.29, 1.82) is 0 Å². The van der Waals surface area contributed by atoms with E-state index in [1.54, 1.807) is 0 Å². The highest BCUT2D eigenvalue weighted by atomic mass is 79.9. The first-order chi connectivity index (χ1) is 7.59. The highest BCUT2D eigenvalue weighted by molar-refractivity contribution is 9.10. The molecule has 0 N–H and O–H groups in total. The second kappa shape index (κ2) is 4.42. The number of hydrogen-bond donors (Lipinski definition) is 0. The van der Waals surface area contributed by atoms with Crippen LogP contribution in [-0.4, -0.2) is 9.78 Å². The van der Waals surface area contributed by atoms with Crippen molar-refractivity contribution in [3.8, 4) is 11.3 Å². The van der Waals surface area contributed by atoms with E-state index in [4.69, 9.17) is 0 Å². The Hall–Kier alpha value is -1.09. The van der Waals surface area contributed by atoms with Crippen molar-refractivity contribution in [2.45, 2.75) is 26.8 Å². The lowest BCUT2D eigenvalue weighted by Crippen LogP contribution is -2.05. The van der Waals surface area contributed by atoms with E-state index in [2.05, 4.69) is 57.8 Å². The van der Waals surface area contributed by atoms with Gasteiger partial charge in [0.25, 0.3) is 0 Å². The zero-order valence-corrected chi connectivity index (χ0v) is 11.3. The van der Waals surface area contributed by atoms with Crippen molar-refractivity contribution in [3.63, 3.8) is 0 Å². The van der Waals surface area contributed by atoms with Gasteiger partial charge in [-0.2, -0.15) is 5.10 Å². The molecule has 0 unspecified atom stereocenters. The van der Waals surface area contributed by atoms with Crippen LogP contribution in [0.3, 0.4) is 0 Å². The maximum absolute atomic E-state index is 4.52. The molecule has 0 fully saturated rings. The smallest absolute Gasteiger partial charge is 0.0699 e. The van der Waals surface area contributed by atoms with Crippen molar-refractivity contribution in [2.24, 2.45) is 0 Å². The number of benzene rings is 1. The molecule has 2 aromatic rings. The fourth-order valence-corrected chi connectivity index (χ4v) is 2.27.